The zero-order chi connectivity index (χ0) is 10.6. The molecule has 0 bridgehead atoms. The lowest BCUT2D eigenvalue weighted by molar-refractivity contribution is 0.304. The summed E-state index contributed by atoms with van der Waals surface area (Å²) >= 11 is 0. The molecule has 0 spiro atoms. The smallest absolute Gasteiger partial charge is 0.129 e. The Hall–Kier alpha value is -1.13. The van der Waals surface area contributed by atoms with Crippen LogP contribution in [0.2, 0.25) is 0 Å². The normalized spacial score (nSPS) is 10.3. The molecule has 1 aromatic carbocycles. The Labute approximate surface area is 83.0 Å². The van der Waals surface area contributed by atoms with Crippen LogP contribution in [0.5, 0.6) is 0 Å². The first-order chi connectivity index (χ1) is 6.70. The summed E-state index contributed by atoms with van der Waals surface area (Å²) in [6.45, 7) is 0.672. The predicted octanol–water partition coefficient (Wildman–Crippen LogP) is 0.713. The van der Waals surface area contributed by atoms with E-state index < -0.39 is 0 Å². The first-order valence-electron chi connectivity index (χ1n) is 4.50. The third-order valence-corrected chi connectivity index (χ3v) is 2.14. The highest BCUT2D eigenvalue weighted by Crippen LogP contribution is 2.21. The topological polar surface area (TPSA) is 49.5 Å². The van der Waals surface area contributed by atoms with Gasteiger partial charge in [0.25, 0.3) is 0 Å². The molecule has 3 N–H and O–H groups in total. The summed E-state index contributed by atoms with van der Waals surface area (Å²) in [6, 6.07) is 4.82. The summed E-state index contributed by atoms with van der Waals surface area (Å²) in [5.74, 6) is -0.296. The molecule has 4 heteroatoms. The Morgan fingerprint density at radius 1 is 1.50 bits per heavy atom. The number of halogens is 1. The summed E-state index contributed by atoms with van der Waals surface area (Å²) in [6.07, 6.45) is 0. The minimum atomic E-state index is -0.296. The number of anilines is 1. The average molecular weight is 198 g/mol. The molecular formula is C10H15FN2O. The molecule has 0 saturated heterocycles. The molecule has 1 aromatic rings. The van der Waals surface area contributed by atoms with Gasteiger partial charge < -0.3 is 15.7 Å². The van der Waals surface area contributed by atoms with Crippen molar-refractivity contribution in [1.82, 2.24) is 0 Å². The molecule has 78 valence electrons. The fourth-order valence-corrected chi connectivity index (χ4v) is 1.38. The quantitative estimate of drug-likeness (QED) is 0.749. The van der Waals surface area contributed by atoms with Crippen LogP contribution in [0.1, 0.15) is 5.56 Å². The van der Waals surface area contributed by atoms with Gasteiger partial charge in [0.2, 0.25) is 0 Å². The van der Waals surface area contributed by atoms with Gasteiger partial charge in [-0.1, -0.05) is 6.07 Å². The van der Waals surface area contributed by atoms with Crippen LogP contribution in [0.3, 0.4) is 0 Å². The van der Waals surface area contributed by atoms with Gasteiger partial charge in [0.1, 0.15) is 5.82 Å². The molecule has 14 heavy (non-hydrogen) atoms. The van der Waals surface area contributed by atoms with Crippen molar-refractivity contribution in [2.75, 3.05) is 25.1 Å². The van der Waals surface area contributed by atoms with E-state index in [4.69, 9.17) is 10.8 Å². The minimum absolute atomic E-state index is 0.0387. The maximum atomic E-state index is 13.3. The molecule has 0 aliphatic rings. The lowest BCUT2D eigenvalue weighted by Gasteiger charge is -2.21. The van der Waals surface area contributed by atoms with E-state index in [-0.39, 0.29) is 19.0 Å². The van der Waals surface area contributed by atoms with Crippen LogP contribution in [-0.4, -0.2) is 25.3 Å². The molecule has 0 amide bonds. The van der Waals surface area contributed by atoms with E-state index in [0.717, 1.165) is 5.69 Å². The SMILES string of the molecule is CN(CCO)c1cccc(F)c1CN. The van der Waals surface area contributed by atoms with Crippen molar-refractivity contribution in [3.8, 4) is 0 Å². The number of benzene rings is 1. The maximum absolute atomic E-state index is 13.3. The Morgan fingerprint density at radius 3 is 2.79 bits per heavy atom. The molecule has 1 rings (SSSR count). The highest BCUT2D eigenvalue weighted by Gasteiger charge is 2.09. The number of likely N-dealkylation sites (N-methyl/N-ethyl adjacent to an activating group) is 1. The fourth-order valence-electron chi connectivity index (χ4n) is 1.38. The van der Waals surface area contributed by atoms with Crippen LogP contribution in [0.15, 0.2) is 18.2 Å². The van der Waals surface area contributed by atoms with Gasteiger partial charge in [-0.05, 0) is 12.1 Å². The molecule has 0 atom stereocenters. The highest BCUT2D eigenvalue weighted by atomic mass is 19.1. The fraction of sp³-hybridized carbons (Fsp3) is 0.400. The Balaban J connectivity index is 3.00. The lowest BCUT2D eigenvalue weighted by Crippen LogP contribution is -2.23. The van der Waals surface area contributed by atoms with Crippen molar-refractivity contribution in [1.29, 1.82) is 0 Å². The maximum Gasteiger partial charge on any atom is 0.129 e. The number of aliphatic hydroxyl groups excluding tert-OH is 1. The predicted molar refractivity (Wildman–Crippen MR) is 54.6 cm³/mol. The number of nitrogens with two attached hydrogens (primary N) is 1. The molecule has 0 fully saturated rings. The second-order valence-corrected chi connectivity index (χ2v) is 3.09. The van der Waals surface area contributed by atoms with E-state index in [1.807, 2.05) is 0 Å². The Bertz CT molecular complexity index is 304. The lowest BCUT2D eigenvalue weighted by atomic mass is 10.1. The number of aliphatic hydroxyl groups is 1. The molecule has 0 unspecified atom stereocenters. The van der Waals surface area contributed by atoms with E-state index in [9.17, 15) is 4.39 Å². The first-order valence-corrected chi connectivity index (χ1v) is 4.50. The number of hydrogen-bond donors (Lipinski definition) is 2. The standard InChI is InChI=1S/C10H15FN2O/c1-13(5-6-14)10-4-2-3-9(11)8(10)7-12/h2-4,14H,5-7,12H2,1H3. The highest BCUT2D eigenvalue weighted by molar-refractivity contribution is 5.53. The van der Waals surface area contributed by atoms with E-state index in [2.05, 4.69) is 0 Å². The van der Waals surface area contributed by atoms with Crippen molar-refractivity contribution in [2.24, 2.45) is 5.73 Å². The average Bonchev–Trinajstić information content (AvgIpc) is 2.17. The van der Waals surface area contributed by atoms with Crippen LogP contribution in [0, 0.1) is 5.82 Å². The van der Waals surface area contributed by atoms with Crippen LogP contribution >= 0.6 is 0 Å². The second kappa shape index (κ2) is 4.93. The largest absolute Gasteiger partial charge is 0.395 e. The Morgan fingerprint density at radius 2 is 2.21 bits per heavy atom. The van der Waals surface area contributed by atoms with Gasteiger partial charge in [0, 0.05) is 31.4 Å². The van der Waals surface area contributed by atoms with Gasteiger partial charge in [-0.25, -0.2) is 4.39 Å². The molecule has 3 nitrogen and oxygen atoms in total. The van der Waals surface area contributed by atoms with Crippen molar-refractivity contribution >= 4 is 5.69 Å². The molecule has 0 aliphatic carbocycles. The van der Waals surface area contributed by atoms with E-state index in [0.29, 0.717) is 12.1 Å². The van der Waals surface area contributed by atoms with Gasteiger partial charge in [0.15, 0.2) is 0 Å². The third-order valence-electron chi connectivity index (χ3n) is 2.14. The van der Waals surface area contributed by atoms with Gasteiger partial charge >= 0.3 is 0 Å². The monoisotopic (exact) mass is 198 g/mol. The van der Waals surface area contributed by atoms with Crippen molar-refractivity contribution in [2.45, 2.75) is 6.54 Å². The number of hydrogen-bond acceptors (Lipinski definition) is 3. The first kappa shape index (κ1) is 10.9. The number of nitrogens with zero attached hydrogens (tertiary/aromatic N) is 1. The van der Waals surface area contributed by atoms with Crippen molar-refractivity contribution < 1.29 is 9.50 Å². The summed E-state index contributed by atoms with van der Waals surface area (Å²) < 4.78 is 13.3. The van der Waals surface area contributed by atoms with Crippen LogP contribution in [0.25, 0.3) is 0 Å². The van der Waals surface area contributed by atoms with E-state index in [1.54, 1.807) is 24.1 Å². The van der Waals surface area contributed by atoms with Gasteiger partial charge in [0.05, 0.1) is 6.61 Å². The second-order valence-electron chi connectivity index (χ2n) is 3.09. The van der Waals surface area contributed by atoms with E-state index >= 15 is 0 Å². The van der Waals surface area contributed by atoms with E-state index in [1.165, 1.54) is 6.07 Å². The molecule has 0 aromatic heterocycles. The summed E-state index contributed by atoms with van der Waals surface area (Å²) in [7, 11) is 1.80. The van der Waals surface area contributed by atoms with Crippen LogP contribution < -0.4 is 10.6 Å². The Kier molecular flexibility index (Phi) is 3.85. The number of rotatable bonds is 4. The molecule has 0 saturated carbocycles. The molecule has 0 radical (unpaired) electrons. The van der Waals surface area contributed by atoms with Crippen molar-refractivity contribution in [3.63, 3.8) is 0 Å². The summed E-state index contributed by atoms with van der Waals surface area (Å²) in [5.41, 5.74) is 6.68. The van der Waals surface area contributed by atoms with Gasteiger partial charge in [-0.2, -0.15) is 0 Å². The zero-order valence-electron chi connectivity index (χ0n) is 8.20. The summed E-state index contributed by atoms with van der Waals surface area (Å²) in [4.78, 5) is 1.78. The summed E-state index contributed by atoms with van der Waals surface area (Å²) in [5, 5.41) is 8.76. The minimum Gasteiger partial charge on any atom is -0.395 e. The zero-order valence-corrected chi connectivity index (χ0v) is 8.20. The van der Waals surface area contributed by atoms with Gasteiger partial charge in [-0.3, -0.25) is 0 Å². The van der Waals surface area contributed by atoms with Crippen LogP contribution in [0.4, 0.5) is 10.1 Å². The van der Waals surface area contributed by atoms with Gasteiger partial charge in [-0.15, -0.1) is 0 Å². The molecule has 0 aliphatic heterocycles. The molecular weight excluding hydrogens is 183 g/mol. The van der Waals surface area contributed by atoms with Crippen LogP contribution in [-0.2, 0) is 6.54 Å². The van der Waals surface area contributed by atoms with Crippen molar-refractivity contribution in [3.05, 3.63) is 29.6 Å². The third kappa shape index (κ3) is 2.21. The molecule has 0 heterocycles.